The van der Waals surface area contributed by atoms with Crippen LogP contribution in [0.1, 0.15) is 28.8 Å². The Kier molecular flexibility index (Phi) is 5.13. The van der Waals surface area contributed by atoms with Gasteiger partial charge in [0.2, 0.25) is 0 Å². The summed E-state index contributed by atoms with van der Waals surface area (Å²) in [6.07, 6.45) is 5.52. The molecule has 5 rings (SSSR count). The second-order valence-electron chi connectivity index (χ2n) is 7.94. The van der Waals surface area contributed by atoms with Crippen LogP contribution < -0.4 is 26.6 Å². The third-order valence-electron chi connectivity index (χ3n) is 5.41. The number of amides is 4. The molecule has 1 aliphatic carbocycles. The molecule has 33 heavy (non-hydrogen) atoms. The summed E-state index contributed by atoms with van der Waals surface area (Å²) in [5.41, 5.74) is 2.42. The van der Waals surface area contributed by atoms with Crippen molar-refractivity contribution in [3.63, 3.8) is 0 Å². The van der Waals surface area contributed by atoms with Crippen molar-refractivity contribution in [1.29, 1.82) is 0 Å². The lowest BCUT2D eigenvalue weighted by molar-refractivity contribution is -0.115. The average Bonchev–Trinajstić information content (AvgIpc) is 3.47. The average molecular weight is 446 g/mol. The normalized spacial score (nSPS) is 16.6. The Labute approximate surface area is 188 Å². The van der Waals surface area contributed by atoms with E-state index in [2.05, 4.69) is 36.7 Å². The Balaban J connectivity index is 1.52. The molecule has 11 heteroatoms. The minimum Gasteiger partial charge on any atom is -0.370 e. The summed E-state index contributed by atoms with van der Waals surface area (Å²) in [5.74, 6) is 1.22. The summed E-state index contributed by atoms with van der Waals surface area (Å²) >= 11 is 0. The molecule has 3 aromatic rings. The molecule has 2 aliphatic rings. The van der Waals surface area contributed by atoms with Crippen molar-refractivity contribution < 1.29 is 14.4 Å². The van der Waals surface area contributed by atoms with Crippen LogP contribution in [0.25, 0.3) is 11.7 Å². The minimum atomic E-state index is -0.569. The number of imide groups is 1. The maximum absolute atomic E-state index is 12.0. The minimum absolute atomic E-state index is 0.126. The van der Waals surface area contributed by atoms with E-state index in [0.29, 0.717) is 34.2 Å². The predicted octanol–water partition coefficient (Wildman–Crippen LogP) is 1.83. The van der Waals surface area contributed by atoms with Gasteiger partial charge in [0, 0.05) is 36.5 Å². The maximum Gasteiger partial charge on any atom is 0.326 e. The quantitative estimate of drug-likeness (QED) is 0.275. The van der Waals surface area contributed by atoms with Gasteiger partial charge in [0.1, 0.15) is 17.3 Å². The van der Waals surface area contributed by atoms with Crippen LogP contribution in [0.4, 0.5) is 22.1 Å². The van der Waals surface area contributed by atoms with Crippen molar-refractivity contribution in [3.05, 3.63) is 53.4 Å². The molecular weight excluding hydrogens is 424 g/mol. The highest BCUT2D eigenvalue weighted by molar-refractivity contribution is 6.14. The van der Waals surface area contributed by atoms with Crippen LogP contribution in [0, 0.1) is 5.92 Å². The van der Waals surface area contributed by atoms with Gasteiger partial charge in [-0.25, -0.2) is 9.78 Å². The zero-order valence-corrected chi connectivity index (χ0v) is 17.8. The van der Waals surface area contributed by atoms with E-state index in [1.165, 1.54) is 18.9 Å². The van der Waals surface area contributed by atoms with E-state index in [1.54, 1.807) is 36.0 Å². The van der Waals surface area contributed by atoms with Gasteiger partial charge in [-0.3, -0.25) is 14.9 Å². The van der Waals surface area contributed by atoms with Crippen LogP contribution in [-0.4, -0.2) is 46.0 Å². The van der Waals surface area contributed by atoms with Gasteiger partial charge >= 0.3 is 6.03 Å². The third kappa shape index (κ3) is 4.33. The number of rotatable bonds is 7. The molecule has 1 aliphatic heterocycles. The van der Waals surface area contributed by atoms with Crippen molar-refractivity contribution >= 4 is 46.9 Å². The molecule has 3 heterocycles. The second-order valence-corrected chi connectivity index (χ2v) is 7.94. The number of hydrogen-bond acceptors (Lipinski definition) is 7. The fourth-order valence-corrected chi connectivity index (χ4v) is 3.51. The molecule has 2 aromatic heterocycles. The van der Waals surface area contributed by atoms with Gasteiger partial charge in [0.25, 0.3) is 11.8 Å². The number of carbonyl (C=O) groups is 3. The Morgan fingerprint density at radius 1 is 1.24 bits per heavy atom. The first-order valence-corrected chi connectivity index (χ1v) is 10.6. The lowest BCUT2D eigenvalue weighted by Crippen LogP contribution is -2.22. The zero-order chi connectivity index (χ0) is 22.9. The lowest BCUT2D eigenvalue weighted by atomic mass is 10.2. The Hall–Kier alpha value is -4.41. The number of nitrogens with one attached hydrogen (secondary N) is 5. The van der Waals surface area contributed by atoms with Crippen molar-refractivity contribution in [2.45, 2.75) is 12.8 Å². The topological polar surface area (TPSA) is 142 Å². The third-order valence-corrected chi connectivity index (χ3v) is 5.41. The molecule has 0 spiro atoms. The van der Waals surface area contributed by atoms with E-state index in [1.807, 2.05) is 12.1 Å². The first-order valence-electron chi connectivity index (χ1n) is 10.6. The van der Waals surface area contributed by atoms with Gasteiger partial charge in [0.05, 0.1) is 6.20 Å². The molecular formula is C22H22N8O3. The predicted molar refractivity (Wildman–Crippen MR) is 122 cm³/mol. The first-order chi connectivity index (χ1) is 16.0. The van der Waals surface area contributed by atoms with Crippen LogP contribution in [0.2, 0.25) is 0 Å². The highest BCUT2D eigenvalue weighted by atomic mass is 16.2. The Bertz CT molecular complexity index is 1310. The smallest absolute Gasteiger partial charge is 0.326 e. The fourth-order valence-electron chi connectivity index (χ4n) is 3.51. The second kappa shape index (κ2) is 8.26. The summed E-state index contributed by atoms with van der Waals surface area (Å²) < 4.78 is 1.66. The SMILES string of the molecule is CNC(=O)c1cccc(Nc2cc(NCC3CC3)n3ncc(/C=C4\NC(=O)NC4=O)c3n2)c1. The molecule has 2 fully saturated rings. The maximum atomic E-state index is 12.0. The molecule has 0 unspecified atom stereocenters. The zero-order valence-electron chi connectivity index (χ0n) is 17.8. The number of anilines is 3. The number of aromatic nitrogens is 3. The van der Waals surface area contributed by atoms with Crippen LogP contribution >= 0.6 is 0 Å². The van der Waals surface area contributed by atoms with E-state index in [9.17, 15) is 14.4 Å². The van der Waals surface area contributed by atoms with E-state index < -0.39 is 11.9 Å². The number of hydrogen-bond donors (Lipinski definition) is 5. The number of carbonyl (C=O) groups excluding carboxylic acids is 3. The number of benzene rings is 1. The van der Waals surface area contributed by atoms with Crippen LogP contribution in [0.3, 0.4) is 0 Å². The van der Waals surface area contributed by atoms with Gasteiger partial charge in [-0.1, -0.05) is 6.07 Å². The van der Waals surface area contributed by atoms with E-state index in [0.717, 1.165) is 12.4 Å². The molecule has 1 saturated heterocycles. The fraction of sp³-hybridized carbons (Fsp3) is 0.227. The molecule has 168 valence electrons. The van der Waals surface area contributed by atoms with Gasteiger partial charge in [-0.15, -0.1) is 0 Å². The van der Waals surface area contributed by atoms with Gasteiger partial charge in [0.15, 0.2) is 5.65 Å². The summed E-state index contributed by atoms with van der Waals surface area (Å²) in [5, 5.41) is 18.4. The summed E-state index contributed by atoms with van der Waals surface area (Å²) in [6, 6.07) is 8.36. The summed E-state index contributed by atoms with van der Waals surface area (Å²) in [6.45, 7) is 0.819. The molecule has 4 amide bonds. The number of fused-ring (bicyclic) bond motifs is 1. The van der Waals surface area contributed by atoms with Gasteiger partial charge in [-0.05, 0) is 43.0 Å². The molecule has 0 radical (unpaired) electrons. The Morgan fingerprint density at radius 2 is 2.09 bits per heavy atom. The van der Waals surface area contributed by atoms with Crippen LogP contribution in [-0.2, 0) is 4.79 Å². The van der Waals surface area contributed by atoms with Crippen LogP contribution in [0.15, 0.2) is 42.2 Å². The molecule has 1 aromatic carbocycles. The standard InChI is InChI=1S/C22H22N8O3/c1-23-20(31)13-3-2-4-15(7-13)26-17-9-18(24-10-12-5-6-12)30-19(28-17)14(11-25-30)8-16-21(32)29-22(33)27-16/h2-4,7-9,11-12,24H,5-6,10H2,1H3,(H,23,31)(H,26,28)(H2,27,29,32,33)/b16-8-. The van der Waals surface area contributed by atoms with E-state index in [4.69, 9.17) is 0 Å². The number of nitrogens with zero attached hydrogens (tertiary/aromatic N) is 3. The van der Waals surface area contributed by atoms with Crippen molar-refractivity contribution in [3.8, 4) is 0 Å². The first kappa shape index (κ1) is 20.5. The van der Waals surface area contributed by atoms with Crippen molar-refractivity contribution in [2.75, 3.05) is 24.2 Å². The molecule has 0 atom stereocenters. The molecule has 1 saturated carbocycles. The molecule has 11 nitrogen and oxygen atoms in total. The van der Waals surface area contributed by atoms with E-state index >= 15 is 0 Å². The summed E-state index contributed by atoms with van der Waals surface area (Å²) in [7, 11) is 1.58. The lowest BCUT2D eigenvalue weighted by Gasteiger charge is -2.12. The molecule has 5 N–H and O–H groups in total. The number of urea groups is 1. The molecule has 0 bridgehead atoms. The monoisotopic (exact) mass is 446 g/mol. The highest BCUT2D eigenvalue weighted by Crippen LogP contribution is 2.30. The summed E-state index contributed by atoms with van der Waals surface area (Å²) in [4.78, 5) is 40.1. The van der Waals surface area contributed by atoms with Crippen molar-refractivity contribution in [1.82, 2.24) is 30.5 Å². The van der Waals surface area contributed by atoms with Gasteiger partial charge in [-0.2, -0.15) is 9.61 Å². The van der Waals surface area contributed by atoms with Gasteiger partial charge < -0.3 is 21.3 Å². The van der Waals surface area contributed by atoms with Crippen LogP contribution in [0.5, 0.6) is 0 Å². The van der Waals surface area contributed by atoms with E-state index in [-0.39, 0.29) is 11.6 Å². The largest absolute Gasteiger partial charge is 0.370 e. The highest BCUT2D eigenvalue weighted by Gasteiger charge is 2.24. The Morgan fingerprint density at radius 3 is 2.82 bits per heavy atom. The van der Waals surface area contributed by atoms with Crippen molar-refractivity contribution in [2.24, 2.45) is 5.92 Å².